The van der Waals surface area contributed by atoms with E-state index in [1.807, 2.05) is 34.6 Å². The summed E-state index contributed by atoms with van der Waals surface area (Å²) in [6.07, 6.45) is -7.86. The Morgan fingerprint density at radius 2 is 1.59 bits per heavy atom. The van der Waals surface area contributed by atoms with Crippen LogP contribution in [0.25, 0.3) is 0 Å². The van der Waals surface area contributed by atoms with Crippen LogP contribution in [0.5, 0.6) is 0 Å². The number of carbonyl (C=O) groups is 1. The number of aliphatic hydroxyl groups excluding tert-OH is 2. The van der Waals surface area contributed by atoms with Gasteiger partial charge in [0.05, 0.1) is 66.6 Å². The predicted octanol–water partition coefficient (Wildman–Crippen LogP) is 2.88. The largest absolute Gasteiger partial charge is 0.459 e. The monoisotopic (exact) mass is 807 g/mol. The molecule has 0 radical (unpaired) electrons. The Morgan fingerprint density at radius 1 is 0.929 bits per heavy atom. The maximum atomic E-state index is 14.3. The Bertz CT molecular complexity index is 1260. The quantitative estimate of drug-likeness (QED) is 0.0829. The van der Waals surface area contributed by atoms with Gasteiger partial charge in [-0.05, 0) is 60.8 Å². The van der Waals surface area contributed by atoms with Gasteiger partial charge in [0.15, 0.2) is 12.6 Å². The van der Waals surface area contributed by atoms with Crippen LogP contribution in [0.2, 0.25) is 0 Å². The minimum absolute atomic E-state index is 0.0165. The molecule has 3 saturated heterocycles. The van der Waals surface area contributed by atoms with E-state index in [0.717, 1.165) is 0 Å². The molecule has 3 aliphatic rings. The van der Waals surface area contributed by atoms with E-state index in [-0.39, 0.29) is 44.4 Å². The molecule has 0 aromatic heterocycles. The van der Waals surface area contributed by atoms with E-state index >= 15 is 0 Å². The Labute approximate surface area is 334 Å². The molecule has 0 bridgehead atoms. The zero-order valence-corrected chi connectivity index (χ0v) is 36.0. The van der Waals surface area contributed by atoms with Gasteiger partial charge in [-0.3, -0.25) is 4.79 Å². The van der Waals surface area contributed by atoms with Gasteiger partial charge in [0.1, 0.15) is 17.8 Å². The van der Waals surface area contributed by atoms with E-state index < -0.39 is 95.6 Å². The molecule has 0 aliphatic carbocycles. The van der Waals surface area contributed by atoms with Gasteiger partial charge in [0.25, 0.3) is 0 Å². The lowest BCUT2D eigenvalue weighted by Crippen LogP contribution is -2.60. The Morgan fingerprint density at radius 3 is 2.20 bits per heavy atom. The van der Waals surface area contributed by atoms with Crippen molar-refractivity contribution in [3.05, 3.63) is 0 Å². The minimum Gasteiger partial charge on any atom is -0.459 e. The van der Waals surface area contributed by atoms with Crippen molar-refractivity contribution >= 4 is 11.7 Å². The topological polar surface area (TPSA) is 219 Å². The summed E-state index contributed by atoms with van der Waals surface area (Å²) in [5, 5.41) is 52.0. The summed E-state index contributed by atoms with van der Waals surface area (Å²) in [5.74, 6) is -3.96. The zero-order valence-electron chi connectivity index (χ0n) is 36.0. The highest BCUT2D eigenvalue weighted by molar-refractivity contribution is 5.88. The van der Waals surface area contributed by atoms with E-state index in [4.69, 9.17) is 48.5 Å². The molecule has 3 aliphatic heterocycles. The summed E-state index contributed by atoms with van der Waals surface area (Å²) in [6.45, 7) is 19.9. The molecule has 0 saturated carbocycles. The van der Waals surface area contributed by atoms with Crippen molar-refractivity contribution in [3.63, 3.8) is 0 Å². The van der Waals surface area contributed by atoms with Crippen molar-refractivity contribution in [2.75, 3.05) is 34.2 Å². The average Bonchev–Trinajstić information content (AvgIpc) is 3.13. The van der Waals surface area contributed by atoms with Crippen molar-refractivity contribution in [3.8, 4) is 0 Å². The standard InChI is InChI=1S/C40H74N2O14/c1-14-29-40(11,47)34(44)23(4)31(42-51-20-50-16-15-48-12)21(2)18-38(9,46)35(56-37-32(43)28(41)17-22(3)52-37)24(5)33(25(6)36(45)54-29)55-30-19-39(10,49-13)26(7)27(8)53-30/h21-30,32-35,37,43-44,46-47H,14-20,41H2,1-13H3/b42-31+/t21-,22?,23+,24?,25-,26?,27?,28?,29-,30?,32?,33+,34-,35-,37?,38-,39?,40-/m1/s1. The van der Waals surface area contributed by atoms with E-state index in [0.29, 0.717) is 25.2 Å². The summed E-state index contributed by atoms with van der Waals surface area (Å²) in [4.78, 5) is 19.8. The van der Waals surface area contributed by atoms with E-state index in [1.54, 1.807) is 48.8 Å². The number of carbonyl (C=O) groups excluding carboxylic acids is 1. The van der Waals surface area contributed by atoms with E-state index in [9.17, 15) is 25.2 Å². The lowest BCUT2D eigenvalue weighted by Gasteiger charge is -2.49. The number of nitrogens with two attached hydrogens (primary N) is 1. The minimum atomic E-state index is -1.94. The van der Waals surface area contributed by atoms with Gasteiger partial charge in [-0.15, -0.1) is 0 Å². The maximum Gasteiger partial charge on any atom is 0.311 e. The first-order chi connectivity index (χ1) is 26.1. The Balaban J connectivity index is 2.20. The number of esters is 1. The molecular formula is C40H74N2O14. The lowest BCUT2D eigenvalue weighted by molar-refractivity contribution is -0.310. The summed E-state index contributed by atoms with van der Waals surface area (Å²) < 4.78 is 48.3. The van der Waals surface area contributed by atoms with Crippen LogP contribution >= 0.6 is 0 Å². The smallest absolute Gasteiger partial charge is 0.311 e. The SMILES string of the molecule is CC[C@H]1OC(=O)[C@H](C)[C@@H](OC2CC(C)(OC)C(C)C(C)O2)C(C)[C@@H](OC2OC(C)CC(N)C2O)[C@](C)(O)C[C@@H](C)/C(=N\OCOCCOC)[C@H](C)[C@@H](O)[C@]1(C)O. The van der Waals surface area contributed by atoms with Gasteiger partial charge < -0.3 is 68.9 Å². The highest BCUT2D eigenvalue weighted by atomic mass is 16.7. The number of hydrogen-bond donors (Lipinski definition) is 5. The van der Waals surface area contributed by atoms with Crippen LogP contribution in [0.1, 0.15) is 102 Å². The van der Waals surface area contributed by atoms with Gasteiger partial charge in [-0.25, -0.2) is 0 Å². The Kier molecular flexibility index (Phi) is 18.0. The maximum absolute atomic E-state index is 14.3. The fraction of sp³-hybridized carbons (Fsp3) is 0.950. The summed E-state index contributed by atoms with van der Waals surface area (Å²) in [5.41, 5.74) is 2.32. The molecule has 9 unspecified atom stereocenters. The van der Waals surface area contributed by atoms with E-state index in [2.05, 4.69) is 5.16 Å². The first kappa shape index (κ1) is 48.8. The first-order valence-electron chi connectivity index (χ1n) is 20.3. The summed E-state index contributed by atoms with van der Waals surface area (Å²) in [6, 6.07) is -0.656. The van der Waals surface area contributed by atoms with Crippen LogP contribution in [0.4, 0.5) is 0 Å². The molecule has 328 valence electrons. The third-order valence-corrected chi connectivity index (χ3v) is 12.6. The lowest BCUT2D eigenvalue weighted by atomic mass is 9.73. The molecule has 18 atom stereocenters. The molecule has 6 N–H and O–H groups in total. The summed E-state index contributed by atoms with van der Waals surface area (Å²) >= 11 is 0. The molecule has 0 amide bonds. The molecule has 0 spiro atoms. The number of oxime groups is 1. The van der Waals surface area contributed by atoms with Crippen LogP contribution in [-0.4, -0.2) is 144 Å². The third-order valence-electron chi connectivity index (χ3n) is 12.6. The second kappa shape index (κ2) is 20.6. The van der Waals surface area contributed by atoms with Crippen molar-refractivity contribution in [2.45, 2.75) is 180 Å². The number of aliphatic hydroxyl groups is 4. The van der Waals surface area contributed by atoms with Crippen LogP contribution in [-0.2, 0) is 47.5 Å². The normalized spacial score (nSPS) is 46.9. The Hall–Kier alpha value is -1.54. The van der Waals surface area contributed by atoms with Gasteiger partial charge in [-0.1, -0.05) is 39.8 Å². The number of nitrogens with zero attached hydrogens (tertiary/aromatic N) is 1. The van der Waals surface area contributed by atoms with Gasteiger partial charge in [0.2, 0.25) is 6.79 Å². The number of hydrogen-bond acceptors (Lipinski definition) is 16. The van der Waals surface area contributed by atoms with Crippen molar-refractivity contribution in [2.24, 2.45) is 40.5 Å². The van der Waals surface area contributed by atoms with Crippen molar-refractivity contribution in [1.29, 1.82) is 0 Å². The van der Waals surface area contributed by atoms with Gasteiger partial charge in [0, 0.05) is 50.4 Å². The van der Waals surface area contributed by atoms with E-state index in [1.165, 1.54) is 6.92 Å². The third kappa shape index (κ3) is 11.6. The highest BCUT2D eigenvalue weighted by Gasteiger charge is 2.53. The number of methoxy groups -OCH3 is 2. The second-order valence-electron chi connectivity index (χ2n) is 17.2. The van der Waals surface area contributed by atoms with Crippen LogP contribution in [0.15, 0.2) is 5.16 Å². The molecule has 16 heteroatoms. The average molecular weight is 807 g/mol. The fourth-order valence-corrected chi connectivity index (χ4v) is 8.65. The molecule has 56 heavy (non-hydrogen) atoms. The van der Waals surface area contributed by atoms with Crippen LogP contribution < -0.4 is 5.73 Å². The molecule has 16 nitrogen and oxygen atoms in total. The molecule has 3 fully saturated rings. The molecule has 0 aromatic rings. The molecule has 3 rings (SSSR count). The second-order valence-corrected chi connectivity index (χ2v) is 17.2. The van der Waals surface area contributed by atoms with Crippen molar-refractivity contribution < 1.29 is 68.0 Å². The molecule has 0 aromatic carbocycles. The molecular weight excluding hydrogens is 732 g/mol. The number of rotatable bonds is 12. The predicted molar refractivity (Wildman–Crippen MR) is 206 cm³/mol. The highest BCUT2D eigenvalue weighted by Crippen LogP contribution is 2.42. The van der Waals surface area contributed by atoms with Crippen LogP contribution in [0.3, 0.4) is 0 Å². The summed E-state index contributed by atoms with van der Waals surface area (Å²) in [7, 11) is 3.19. The fourth-order valence-electron chi connectivity index (χ4n) is 8.65. The van der Waals surface area contributed by atoms with Crippen molar-refractivity contribution in [1.82, 2.24) is 0 Å². The molecule has 3 heterocycles. The van der Waals surface area contributed by atoms with Gasteiger partial charge in [-0.2, -0.15) is 0 Å². The number of cyclic esters (lactones) is 1. The van der Waals surface area contributed by atoms with Gasteiger partial charge >= 0.3 is 5.97 Å². The van der Waals surface area contributed by atoms with Crippen LogP contribution in [0, 0.1) is 29.6 Å². The first-order valence-corrected chi connectivity index (χ1v) is 20.3. The number of ether oxygens (including phenoxy) is 8. The zero-order chi connectivity index (χ0) is 42.3.